The number of carbonyl (C=O) groups excluding carboxylic acids is 2. The second kappa shape index (κ2) is 6.22. The van der Waals surface area contributed by atoms with Crippen molar-refractivity contribution in [3.8, 4) is 12.1 Å². The lowest BCUT2D eigenvalue weighted by molar-refractivity contribution is -0.124. The molecule has 2 aliphatic carbocycles. The molecule has 1 saturated carbocycles. The van der Waals surface area contributed by atoms with Crippen molar-refractivity contribution in [2.75, 3.05) is 5.32 Å². The SMILES string of the molecule is CC(=O)c1cccc(NC(=O)C23CCC(c4nc(C#N)c(C#N)nc42)C3(C)C)c1. The van der Waals surface area contributed by atoms with Gasteiger partial charge in [-0.3, -0.25) is 9.59 Å². The van der Waals surface area contributed by atoms with Crippen LogP contribution in [-0.4, -0.2) is 21.7 Å². The van der Waals surface area contributed by atoms with E-state index in [2.05, 4.69) is 15.3 Å². The molecule has 4 rings (SSSR count). The zero-order chi connectivity index (χ0) is 21.0. The molecule has 144 valence electrons. The summed E-state index contributed by atoms with van der Waals surface area (Å²) in [6.45, 7) is 5.50. The Hall–Kier alpha value is -3.58. The maximum absolute atomic E-state index is 13.6. The summed E-state index contributed by atoms with van der Waals surface area (Å²) in [4.78, 5) is 34.1. The number of aromatic nitrogens is 2. The van der Waals surface area contributed by atoms with Crippen LogP contribution in [0, 0.1) is 28.1 Å². The van der Waals surface area contributed by atoms with E-state index in [0.29, 0.717) is 29.1 Å². The van der Waals surface area contributed by atoms with E-state index < -0.39 is 10.8 Å². The van der Waals surface area contributed by atoms with Gasteiger partial charge >= 0.3 is 0 Å². The normalized spacial score (nSPS) is 23.0. The molecule has 1 heterocycles. The standard InChI is InChI=1S/C22H19N5O2/c1-12(28)13-5-4-6-14(9-13)25-20(29)22-8-7-15(21(22,2)3)18-19(22)27-17(11-24)16(10-23)26-18/h4-6,9,15H,7-8H2,1-3H3,(H,25,29). The molecule has 7 heteroatoms. The number of ketones is 1. The van der Waals surface area contributed by atoms with Gasteiger partial charge in [-0.15, -0.1) is 0 Å². The Kier molecular flexibility index (Phi) is 4.02. The maximum Gasteiger partial charge on any atom is 0.237 e. The summed E-state index contributed by atoms with van der Waals surface area (Å²) in [5, 5.41) is 21.6. The molecule has 2 atom stereocenters. The Labute approximate surface area is 168 Å². The van der Waals surface area contributed by atoms with Crippen molar-refractivity contribution in [1.29, 1.82) is 10.5 Å². The van der Waals surface area contributed by atoms with Crippen LogP contribution in [0.3, 0.4) is 0 Å². The Bertz CT molecular complexity index is 1150. The van der Waals surface area contributed by atoms with Gasteiger partial charge in [0, 0.05) is 17.2 Å². The van der Waals surface area contributed by atoms with Crippen molar-refractivity contribution < 1.29 is 9.59 Å². The molecule has 7 nitrogen and oxygen atoms in total. The Morgan fingerprint density at radius 3 is 2.52 bits per heavy atom. The van der Waals surface area contributed by atoms with Crippen molar-refractivity contribution in [3.63, 3.8) is 0 Å². The van der Waals surface area contributed by atoms with E-state index >= 15 is 0 Å². The largest absolute Gasteiger partial charge is 0.325 e. The van der Waals surface area contributed by atoms with E-state index in [1.807, 2.05) is 26.0 Å². The third-order valence-electron chi connectivity index (χ3n) is 6.56. The molecule has 29 heavy (non-hydrogen) atoms. The molecule has 1 N–H and O–H groups in total. The number of Topliss-reactive ketones (excluding diaryl/α,β-unsaturated/α-hetero) is 1. The summed E-state index contributed by atoms with van der Waals surface area (Å²) >= 11 is 0. The summed E-state index contributed by atoms with van der Waals surface area (Å²) in [5.74, 6) is -0.327. The summed E-state index contributed by atoms with van der Waals surface area (Å²) in [6.07, 6.45) is 1.34. The number of nitrogens with one attached hydrogen (secondary N) is 1. The van der Waals surface area contributed by atoms with Crippen LogP contribution in [0.1, 0.15) is 72.7 Å². The van der Waals surface area contributed by atoms with Gasteiger partial charge < -0.3 is 5.32 Å². The van der Waals surface area contributed by atoms with E-state index in [4.69, 9.17) is 0 Å². The molecule has 2 aromatic rings. The van der Waals surface area contributed by atoms with Gasteiger partial charge in [0.1, 0.15) is 12.1 Å². The lowest BCUT2D eigenvalue weighted by Gasteiger charge is -2.36. The summed E-state index contributed by atoms with van der Waals surface area (Å²) in [7, 11) is 0. The molecule has 2 unspecified atom stereocenters. The molecule has 0 radical (unpaired) electrons. The van der Waals surface area contributed by atoms with Crippen LogP contribution in [-0.2, 0) is 10.2 Å². The molecule has 2 bridgehead atoms. The highest BCUT2D eigenvalue weighted by Crippen LogP contribution is 2.67. The minimum absolute atomic E-state index is 0.000632. The number of nitriles is 2. The highest BCUT2D eigenvalue weighted by molar-refractivity contribution is 6.02. The first kappa shape index (κ1) is 18.8. The predicted molar refractivity (Wildman–Crippen MR) is 104 cm³/mol. The number of fused-ring (bicyclic) bond motifs is 5. The van der Waals surface area contributed by atoms with Gasteiger partial charge in [0.05, 0.1) is 16.8 Å². The highest BCUT2D eigenvalue weighted by Gasteiger charge is 2.68. The lowest BCUT2D eigenvalue weighted by Crippen LogP contribution is -2.46. The fourth-order valence-electron chi connectivity index (χ4n) is 4.97. The third kappa shape index (κ3) is 2.41. The van der Waals surface area contributed by atoms with E-state index in [0.717, 1.165) is 6.42 Å². The van der Waals surface area contributed by atoms with Gasteiger partial charge in [0.15, 0.2) is 17.2 Å². The van der Waals surface area contributed by atoms with Crippen molar-refractivity contribution >= 4 is 17.4 Å². The van der Waals surface area contributed by atoms with Gasteiger partial charge in [-0.1, -0.05) is 26.0 Å². The molecular weight excluding hydrogens is 366 g/mol. The summed E-state index contributed by atoms with van der Waals surface area (Å²) in [5.41, 5.74) is 0.705. The zero-order valence-corrected chi connectivity index (χ0v) is 16.4. The molecular formula is C22H19N5O2. The quantitative estimate of drug-likeness (QED) is 0.810. The maximum atomic E-state index is 13.6. The first-order chi connectivity index (χ1) is 13.8. The third-order valence-corrected chi connectivity index (χ3v) is 6.56. The molecule has 1 amide bonds. The zero-order valence-electron chi connectivity index (χ0n) is 16.4. The molecule has 0 saturated heterocycles. The van der Waals surface area contributed by atoms with Crippen LogP contribution in [0.15, 0.2) is 24.3 Å². The molecule has 1 aromatic carbocycles. The van der Waals surface area contributed by atoms with Gasteiger partial charge in [0.2, 0.25) is 5.91 Å². The molecule has 2 aliphatic rings. The minimum atomic E-state index is -0.953. The van der Waals surface area contributed by atoms with E-state index in [1.54, 1.807) is 24.3 Å². The first-order valence-corrected chi connectivity index (χ1v) is 9.41. The average molecular weight is 385 g/mol. The van der Waals surface area contributed by atoms with E-state index in [1.165, 1.54) is 6.92 Å². The monoisotopic (exact) mass is 385 g/mol. The summed E-state index contributed by atoms with van der Waals surface area (Å²) < 4.78 is 0. The second-order valence-electron chi connectivity index (χ2n) is 8.19. The fraction of sp³-hybridized carbons (Fsp3) is 0.364. The van der Waals surface area contributed by atoms with Crippen molar-refractivity contribution in [2.24, 2.45) is 5.41 Å². The van der Waals surface area contributed by atoms with Gasteiger partial charge in [-0.2, -0.15) is 10.5 Å². The van der Waals surface area contributed by atoms with Gasteiger partial charge in [-0.25, -0.2) is 9.97 Å². The van der Waals surface area contributed by atoms with Gasteiger partial charge in [0.25, 0.3) is 0 Å². The van der Waals surface area contributed by atoms with Crippen LogP contribution < -0.4 is 5.32 Å². The number of nitrogens with zero attached hydrogens (tertiary/aromatic N) is 4. The Balaban J connectivity index is 1.82. The van der Waals surface area contributed by atoms with Crippen molar-refractivity contribution in [1.82, 2.24) is 9.97 Å². The van der Waals surface area contributed by atoms with Crippen molar-refractivity contribution in [3.05, 3.63) is 52.6 Å². The number of anilines is 1. The Morgan fingerprint density at radius 1 is 1.17 bits per heavy atom. The molecule has 0 spiro atoms. The second-order valence-corrected chi connectivity index (χ2v) is 8.19. The lowest BCUT2D eigenvalue weighted by atomic mass is 9.67. The number of hydrogen-bond donors (Lipinski definition) is 1. The molecule has 1 fully saturated rings. The van der Waals surface area contributed by atoms with Gasteiger partial charge in [-0.05, 0) is 37.3 Å². The highest BCUT2D eigenvalue weighted by atomic mass is 16.2. The predicted octanol–water partition coefficient (Wildman–Crippen LogP) is 3.22. The fourth-order valence-corrected chi connectivity index (χ4v) is 4.97. The number of rotatable bonds is 3. The summed E-state index contributed by atoms with van der Waals surface area (Å²) in [6, 6.07) is 10.7. The van der Waals surface area contributed by atoms with Crippen LogP contribution in [0.4, 0.5) is 5.69 Å². The number of hydrogen-bond acceptors (Lipinski definition) is 6. The molecule has 0 aliphatic heterocycles. The number of amides is 1. The van der Waals surface area contributed by atoms with E-state index in [-0.39, 0.29) is 29.0 Å². The van der Waals surface area contributed by atoms with E-state index in [9.17, 15) is 20.1 Å². The minimum Gasteiger partial charge on any atom is -0.325 e. The van der Waals surface area contributed by atoms with Crippen LogP contribution in [0.5, 0.6) is 0 Å². The smallest absolute Gasteiger partial charge is 0.237 e. The topological polar surface area (TPSA) is 120 Å². The molecule has 1 aromatic heterocycles. The Morgan fingerprint density at radius 2 is 1.86 bits per heavy atom. The number of benzene rings is 1. The van der Waals surface area contributed by atoms with Crippen LogP contribution in [0.25, 0.3) is 0 Å². The van der Waals surface area contributed by atoms with Crippen molar-refractivity contribution in [2.45, 2.75) is 44.9 Å². The van der Waals surface area contributed by atoms with Crippen LogP contribution in [0.2, 0.25) is 0 Å². The average Bonchev–Trinajstić information content (AvgIpc) is 3.08. The van der Waals surface area contributed by atoms with Crippen LogP contribution >= 0.6 is 0 Å². The first-order valence-electron chi connectivity index (χ1n) is 9.41. The number of carbonyl (C=O) groups is 2.